The number of nitrogens with zero attached hydrogens (tertiary/aromatic N) is 1. The number of hydrogen-bond donors (Lipinski definition) is 1. The summed E-state index contributed by atoms with van der Waals surface area (Å²) in [6.45, 7) is 0. The van der Waals surface area contributed by atoms with Crippen LogP contribution in [0.5, 0.6) is 0 Å². The van der Waals surface area contributed by atoms with E-state index in [0.717, 1.165) is 12.1 Å². The van der Waals surface area contributed by atoms with Gasteiger partial charge in [-0.05, 0) is 36.4 Å². The van der Waals surface area contributed by atoms with Gasteiger partial charge >= 0.3 is 0 Å². The molecule has 0 bridgehead atoms. The molecule has 2 aromatic carbocycles. The molecular formula is C17H10F2N2O4. The Morgan fingerprint density at radius 3 is 2.40 bits per heavy atom. The average molecular weight is 344 g/mol. The van der Waals surface area contributed by atoms with Crippen molar-refractivity contribution >= 4 is 17.3 Å². The van der Waals surface area contributed by atoms with E-state index in [1.54, 1.807) is 0 Å². The fraction of sp³-hybridized carbons (Fsp3) is 0. The number of nitro benzene ring substituents is 1. The number of anilines is 1. The molecule has 3 rings (SSSR count). The number of nitrogens with one attached hydrogen (secondary N) is 1. The zero-order valence-electron chi connectivity index (χ0n) is 12.5. The minimum atomic E-state index is -0.907. The van der Waals surface area contributed by atoms with Crippen molar-refractivity contribution < 1.29 is 22.9 Å². The molecule has 0 aliphatic carbocycles. The van der Waals surface area contributed by atoms with E-state index < -0.39 is 22.5 Å². The summed E-state index contributed by atoms with van der Waals surface area (Å²) in [7, 11) is 0. The number of halogens is 2. The second-order valence-corrected chi connectivity index (χ2v) is 5.05. The summed E-state index contributed by atoms with van der Waals surface area (Å²) >= 11 is 0. The predicted molar refractivity (Wildman–Crippen MR) is 85.1 cm³/mol. The maximum absolute atomic E-state index is 13.6. The summed E-state index contributed by atoms with van der Waals surface area (Å²) in [5.41, 5.74) is 0.289. The number of amides is 1. The molecule has 126 valence electrons. The van der Waals surface area contributed by atoms with Gasteiger partial charge in [-0.15, -0.1) is 0 Å². The fourth-order valence-corrected chi connectivity index (χ4v) is 2.14. The first-order chi connectivity index (χ1) is 11.9. The first-order valence-electron chi connectivity index (χ1n) is 7.05. The van der Waals surface area contributed by atoms with Gasteiger partial charge in [0, 0.05) is 23.8 Å². The van der Waals surface area contributed by atoms with Crippen LogP contribution in [0, 0.1) is 21.7 Å². The van der Waals surface area contributed by atoms with Crippen LogP contribution in [-0.4, -0.2) is 10.8 Å². The molecule has 1 amide bonds. The largest absolute Gasteiger partial charge is 0.451 e. The zero-order valence-corrected chi connectivity index (χ0v) is 12.5. The van der Waals surface area contributed by atoms with Crippen molar-refractivity contribution in [3.05, 3.63) is 82.1 Å². The summed E-state index contributed by atoms with van der Waals surface area (Å²) < 4.78 is 31.8. The van der Waals surface area contributed by atoms with Gasteiger partial charge in [0.1, 0.15) is 17.4 Å². The van der Waals surface area contributed by atoms with Crippen LogP contribution < -0.4 is 5.32 Å². The average Bonchev–Trinajstić information content (AvgIpc) is 3.07. The van der Waals surface area contributed by atoms with E-state index >= 15 is 0 Å². The van der Waals surface area contributed by atoms with Crippen molar-refractivity contribution in [2.75, 3.05) is 5.32 Å². The predicted octanol–water partition coefficient (Wildman–Crippen LogP) is 4.39. The lowest BCUT2D eigenvalue weighted by atomic mass is 10.1. The van der Waals surface area contributed by atoms with Gasteiger partial charge in [0.15, 0.2) is 5.76 Å². The monoisotopic (exact) mass is 344 g/mol. The van der Waals surface area contributed by atoms with E-state index in [1.807, 2.05) is 0 Å². The van der Waals surface area contributed by atoms with E-state index in [0.29, 0.717) is 17.4 Å². The number of carbonyl (C=O) groups is 1. The Balaban J connectivity index is 1.78. The molecule has 0 fully saturated rings. The minimum Gasteiger partial charge on any atom is -0.451 e. The number of furan rings is 1. The van der Waals surface area contributed by atoms with Crippen molar-refractivity contribution in [2.24, 2.45) is 0 Å². The van der Waals surface area contributed by atoms with E-state index in [-0.39, 0.29) is 17.1 Å². The third-order valence-corrected chi connectivity index (χ3v) is 3.37. The lowest BCUT2D eigenvalue weighted by Gasteiger charge is -2.04. The normalized spacial score (nSPS) is 10.5. The Bertz CT molecular complexity index is 952. The van der Waals surface area contributed by atoms with Crippen LogP contribution in [0.3, 0.4) is 0 Å². The first-order valence-corrected chi connectivity index (χ1v) is 7.05. The Kier molecular flexibility index (Phi) is 4.25. The number of rotatable bonds is 4. The van der Waals surface area contributed by atoms with Gasteiger partial charge in [-0.25, -0.2) is 8.78 Å². The summed E-state index contributed by atoms with van der Waals surface area (Å²) in [6, 6.07) is 11.3. The number of nitro groups is 1. The molecule has 0 aliphatic heterocycles. The Hall–Kier alpha value is -3.55. The Morgan fingerprint density at radius 2 is 1.76 bits per heavy atom. The summed E-state index contributed by atoms with van der Waals surface area (Å²) in [5, 5.41) is 12.9. The highest BCUT2D eigenvalue weighted by molar-refractivity contribution is 6.02. The molecule has 1 heterocycles. The lowest BCUT2D eigenvalue weighted by molar-refractivity contribution is -0.384. The molecule has 0 radical (unpaired) electrons. The SMILES string of the molecule is O=C(Nc1ccc(F)cc1F)c1ccc(-c2ccc([N+](=O)[O-])cc2)o1. The second-order valence-electron chi connectivity index (χ2n) is 5.05. The highest BCUT2D eigenvalue weighted by Gasteiger charge is 2.15. The number of benzene rings is 2. The zero-order chi connectivity index (χ0) is 18.0. The van der Waals surface area contributed by atoms with Gasteiger partial charge < -0.3 is 9.73 Å². The molecule has 0 spiro atoms. The molecule has 25 heavy (non-hydrogen) atoms. The highest BCUT2D eigenvalue weighted by atomic mass is 19.1. The molecule has 6 nitrogen and oxygen atoms in total. The number of hydrogen-bond acceptors (Lipinski definition) is 4. The fourth-order valence-electron chi connectivity index (χ4n) is 2.14. The van der Waals surface area contributed by atoms with Crippen molar-refractivity contribution in [1.82, 2.24) is 0 Å². The number of carbonyl (C=O) groups excluding carboxylic acids is 1. The Morgan fingerprint density at radius 1 is 1.04 bits per heavy atom. The van der Waals surface area contributed by atoms with Gasteiger partial charge in [0.05, 0.1) is 10.6 Å². The quantitative estimate of drug-likeness (QED) is 0.562. The van der Waals surface area contributed by atoms with Crippen LogP contribution in [0.15, 0.2) is 59.0 Å². The van der Waals surface area contributed by atoms with Gasteiger partial charge in [0.25, 0.3) is 11.6 Å². The molecule has 0 atom stereocenters. The molecular weight excluding hydrogens is 334 g/mol. The maximum Gasteiger partial charge on any atom is 0.291 e. The Labute approximate surface area is 139 Å². The highest BCUT2D eigenvalue weighted by Crippen LogP contribution is 2.25. The molecule has 1 aromatic heterocycles. The van der Waals surface area contributed by atoms with Crippen molar-refractivity contribution in [3.8, 4) is 11.3 Å². The third-order valence-electron chi connectivity index (χ3n) is 3.37. The van der Waals surface area contributed by atoms with Gasteiger partial charge in [-0.1, -0.05) is 0 Å². The molecule has 8 heteroatoms. The maximum atomic E-state index is 13.6. The summed E-state index contributed by atoms with van der Waals surface area (Å²) in [4.78, 5) is 22.2. The van der Waals surface area contributed by atoms with Crippen LogP contribution in [-0.2, 0) is 0 Å². The van der Waals surface area contributed by atoms with Crippen molar-refractivity contribution in [1.29, 1.82) is 0 Å². The lowest BCUT2D eigenvalue weighted by Crippen LogP contribution is -2.12. The third kappa shape index (κ3) is 3.52. The topological polar surface area (TPSA) is 85.4 Å². The van der Waals surface area contributed by atoms with Gasteiger partial charge in [0.2, 0.25) is 0 Å². The minimum absolute atomic E-state index is 0.0694. The smallest absolute Gasteiger partial charge is 0.291 e. The molecule has 0 unspecified atom stereocenters. The van der Waals surface area contributed by atoms with Crippen LogP contribution >= 0.6 is 0 Å². The van der Waals surface area contributed by atoms with Crippen LogP contribution in [0.2, 0.25) is 0 Å². The summed E-state index contributed by atoms with van der Waals surface area (Å²) in [6.07, 6.45) is 0. The van der Waals surface area contributed by atoms with E-state index in [1.165, 1.54) is 36.4 Å². The molecule has 3 aromatic rings. The molecule has 1 N–H and O–H groups in total. The molecule has 0 saturated carbocycles. The van der Waals surface area contributed by atoms with Gasteiger partial charge in [-0.3, -0.25) is 14.9 Å². The van der Waals surface area contributed by atoms with Crippen LogP contribution in [0.1, 0.15) is 10.6 Å². The van der Waals surface area contributed by atoms with Gasteiger partial charge in [-0.2, -0.15) is 0 Å². The van der Waals surface area contributed by atoms with Crippen LogP contribution in [0.4, 0.5) is 20.2 Å². The molecule has 0 saturated heterocycles. The molecule has 0 aliphatic rings. The second kappa shape index (κ2) is 6.52. The van der Waals surface area contributed by atoms with E-state index in [2.05, 4.69) is 5.32 Å². The van der Waals surface area contributed by atoms with Crippen LogP contribution in [0.25, 0.3) is 11.3 Å². The van der Waals surface area contributed by atoms with Crippen molar-refractivity contribution in [3.63, 3.8) is 0 Å². The summed E-state index contributed by atoms with van der Waals surface area (Å²) in [5.74, 6) is -2.14. The van der Waals surface area contributed by atoms with Crippen molar-refractivity contribution in [2.45, 2.75) is 0 Å². The standard InChI is InChI=1S/C17H10F2N2O4/c18-11-3-6-14(13(19)9-11)20-17(22)16-8-7-15(25-16)10-1-4-12(5-2-10)21(23)24/h1-9H,(H,20,22). The van der Waals surface area contributed by atoms with E-state index in [4.69, 9.17) is 4.42 Å². The number of non-ortho nitro benzene ring substituents is 1. The first kappa shape index (κ1) is 16.3. The van der Waals surface area contributed by atoms with E-state index in [9.17, 15) is 23.7 Å².